The quantitative estimate of drug-likeness (QED) is 0.0871. The van der Waals surface area contributed by atoms with Crippen LogP contribution in [0.25, 0.3) is 22.3 Å². The molecule has 2 saturated carbocycles. The Kier molecular flexibility index (Phi) is 14.4. The van der Waals surface area contributed by atoms with Crippen LogP contribution in [0.3, 0.4) is 0 Å². The number of carboxylic acids is 1. The smallest absolute Gasteiger partial charge is 0.870 e. The standard InChI is InChI=1S/C30H30FNO3.C29H28FNO3.Na.H2O/c1-34-28(33)30(11-12-30)20-32-18-29(19-32)15-24-6-5-23(14-25(24)16-29)22-7-9-27(10-8-22)35-17-21-3-2-4-26(31)13-21;30-25-3-1-2-20(12-25)16-34-26-8-6-21(7-9-26)22-4-5-23-14-28(15-24(23)13-22)17-31(18-28)19-29(10-11-29)27(32)33;;/h2-10,13-14H,11-12,15-20H2,1H3;1-9,12-13H,10-11,14-19H2,(H,32,33);;1H2/q;;+1;/p-1. The summed E-state index contributed by atoms with van der Waals surface area (Å²) in [6.07, 6.45) is 7.95. The number of nitrogens with zero attached hydrogens (tertiary/aromatic N) is 2. The number of hydrogen-bond acceptors (Lipinski definition) is 8. The normalized spacial score (nSPS) is 18.7. The average molecular weight is 969 g/mol. The number of likely N-dealkylation sites (tertiary alicyclic amines) is 2. The molecule has 0 bridgehead atoms. The third kappa shape index (κ3) is 10.9. The minimum atomic E-state index is -0.627. The zero-order valence-corrected chi connectivity index (χ0v) is 42.6. The van der Waals surface area contributed by atoms with Gasteiger partial charge in [0.2, 0.25) is 0 Å². The van der Waals surface area contributed by atoms with Gasteiger partial charge in [-0.05, 0) is 156 Å². The molecular formula is C59H59F2N2NaO7. The first kappa shape index (κ1) is 50.5. The number of ether oxygens (including phenoxy) is 3. The van der Waals surface area contributed by atoms with Crippen molar-refractivity contribution in [3.05, 3.63) is 178 Å². The third-order valence-corrected chi connectivity index (χ3v) is 15.7. The van der Waals surface area contributed by atoms with Crippen LogP contribution in [0.5, 0.6) is 11.5 Å². The topological polar surface area (TPSA) is 119 Å². The van der Waals surface area contributed by atoms with Crippen LogP contribution in [0.1, 0.15) is 59.1 Å². The van der Waals surface area contributed by atoms with Crippen LogP contribution in [0.2, 0.25) is 0 Å². The molecule has 0 aromatic heterocycles. The second kappa shape index (κ2) is 20.2. The number of hydrogen-bond donors (Lipinski definition) is 1. The van der Waals surface area contributed by atoms with Crippen LogP contribution in [0.15, 0.2) is 133 Å². The zero-order chi connectivity index (χ0) is 47.4. The molecule has 2 aliphatic heterocycles. The largest absolute Gasteiger partial charge is 1.00 e. The molecular weight excluding hydrogens is 910 g/mol. The van der Waals surface area contributed by atoms with E-state index >= 15 is 0 Å². The van der Waals surface area contributed by atoms with Crippen LogP contribution < -0.4 is 39.0 Å². The number of methoxy groups -OCH3 is 1. The first-order valence-corrected chi connectivity index (χ1v) is 24.3. The van der Waals surface area contributed by atoms with Crippen molar-refractivity contribution in [3.8, 4) is 33.8 Å². The molecule has 362 valence electrons. The number of carbonyl (C=O) groups is 2. The van der Waals surface area contributed by atoms with Crippen molar-refractivity contribution in [2.45, 2.75) is 64.6 Å². The van der Waals surface area contributed by atoms with Gasteiger partial charge in [-0.25, -0.2) is 8.78 Å². The molecule has 9 nitrogen and oxygen atoms in total. The molecule has 4 fully saturated rings. The number of halogens is 2. The first-order chi connectivity index (χ1) is 33.4. The maximum Gasteiger partial charge on any atom is 1.00 e. The zero-order valence-electron chi connectivity index (χ0n) is 40.6. The molecule has 6 aliphatic rings. The van der Waals surface area contributed by atoms with E-state index in [4.69, 9.17) is 14.2 Å². The Hall–Kier alpha value is -5.40. The van der Waals surface area contributed by atoms with Gasteiger partial charge in [0, 0.05) is 50.1 Å². The minimum Gasteiger partial charge on any atom is -0.870 e. The van der Waals surface area contributed by atoms with E-state index < -0.39 is 11.4 Å². The maximum absolute atomic E-state index is 13.4. The Morgan fingerprint density at radius 2 is 0.930 bits per heavy atom. The summed E-state index contributed by atoms with van der Waals surface area (Å²) in [6, 6.07) is 42.7. The van der Waals surface area contributed by atoms with Gasteiger partial charge in [0.05, 0.1) is 17.9 Å². The van der Waals surface area contributed by atoms with E-state index in [1.54, 1.807) is 12.1 Å². The Morgan fingerprint density at radius 3 is 1.31 bits per heavy atom. The molecule has 2 heterocycles. The maximum atomic E-state index is 13.4. The number of esters is 1. The summed E-state index contributed by atoms with van der Waals surface area (Å²) in [5.74, 6) is 0.367. The van der Waals surface area contributed by atoms with Gasteiger partial charge in [0.15, 0.2) is 0 Å². The molecule has 0 amide bonds. The molecule has 4 aliphatic carbocycles. The summed E-state index contributed by atoms with van der Waals surface area (Å²) >= 11 is 0. The van der Waals surface area contributed by atoms with Crippen molar-refractivity contribution < 1.29 is 72.7 Å². The molecule has 2 saturated heterocycles. The molecule has 2 N–H and O–H groups in total. The number of carboxylic acid groups (broad SMARTS) is 1. The van der Waals surface area contributed by atoms with E-state index in [9.17, 15) is 23.5 Å². The van der Waals surface area contributed by atoms with Crippen LogP contribution in [-0.4, -0.2) is 78.7 Å². The van der Waals surface area contributed by atoms with Gasteiger partial charge in [-0.15, -0.1) is 0 Å². The van der Waals surface area contributed by atoms with Crippen molar-refractivity contribution >= 4 is 11.9 Å². The van der Waals surface area contributed by atoms with Gasteiger partial charge < -0.3 is 34.6 Å². The molecule has 12 heteroatoms. The van der Waals surface area contributed by atoms with Gasteiger partial charge >= 0.3 is 41.5 Å². The fourth-order valence-electron chi connectivity index (χ4n) is 11.8. The number of carbonyl (C=O) groups excluding carboxylic acids is 1. The minimum absolute atomic E-state index is 0. The number of rotatable bonds is 14. The average Bonchev–Trinajstić information content (AvgIpc) is 4.23. The number of benzene rings is 6. The van der Waals surface area contributed by atoms with Gasteiger partial charge in [0.1, 0.15) is 36.3 Å². The summed E-state index contributed by atoms with van der Waals surface area (Å²) in [4.78, 5) is 28.4. The van der Waals surface area contributed by atoms with Gasteiger partial charge in [-0.1, -0.05) is 84.9 Å². The van der Waals surface area contributed by atoms with Crippen LogP contribution in [-0.2, 0) is 53.2 Å². The van der Waals surface area contributed by atoms with Crippen LogP contribution >= 0.6 is 0 Å². The SMILES string of the molecule is COC(=O)C1(CN2CC3(Cc4ccc(-c5ccc(OCc6cccc(F)c6)cc5)cc4C3)C2)CC1.O=C(O)C1(CN2CC3(Cc4ccc(-c5ccc(OCc6cccc(F)c6)cc5)cc4C3)C2)CC1.[Na+].[OH-]. The number of aliphatic carboxylic acids is 1. The molecule has 0 radical (unpaired) electrons. The van der Waals surface area contributed by atoms with E-state index in [2.05, 4.69) is 70.5 Å². The molecule has 71 heavy (non-hydrogen) atoms. The predicted molar refractivity (Wildman–Crippen MR) is 263 cm³/mol. The van der Waals surface area contributed by atoms with Crippen molar-refractivity contribution in [3.63, 3.8) is 0 Å². The van der Waals surface area contributed by atoms with Crippen molar-refractivity contribution in [2.24, 2.45) is 21.7 Å². The van der Waals surface area contributed by atoms with Crippen molar-refractivity contribution in [1.29, 1.82) is 0 Å². The Bertz CT molecular complexity index is 2910. The summed E-state index contributed by atoms with van der Waals surface area (Å²) in [5, 5.41) is 9.47. The Balaban J connectivity index is 0.000000171. The second-order valence-electron chi connectivity index (χ2n) is 21.2. The fraction of sp³-hybridized carbons (Fsp3) is 0.356. The predicted octanol–water partition coefficient (Wildman–Crippen LogP) is 7.59. The van der Waals surface area contributed by atoms with Crippen molar-refractivity contribution in [2.75, 3.05) is 46.4 Å². The molecule has 12 rings (SSSR count). The van der Waals surface area contributed by atoms with Crippen molar-refractivity contribution in [1.82, 2.24) is 9.80 Å². The Labute approximate surface area is 436 Å². The fourth-order valence-corrected chi connectivity index (χ4v) is 11.8. The van der Waals surface area contributed by atoms with Gasteiger partial charge in [-0.2, -0.15) is 0 Å². The molecule has 0 unspecified atom stereocenters. The monoisotopic (exact) mass is 968 g/mol. The van der Waals surface area contributed by atoms with E-state index in [0.717, 1.165) is 118 Å². The van der Waals surface area contributed by atoms with E-state index in [0.29, 0.717) is 25.2 Å². The molecule has 2 spiro atoms. The van der Waals surface area contributed by atoms with E-state index in [-0.39, 0.29) is 63.5 Å². The summed E-state index contributed by atoms with van der Waals surface area (Å²) < 4.78 is 43.4. The molecule has 0 atom stereocenters. The Morgan fingerprint density at radius 1 is 0.535 bits per heavy atom. The van der Waals surface area contributed by atoms with Crippen LogP contribution in [0.4, 0.5) is 8.78 Å². The van der Waals surface area contributed by atoms with E-state index in [1.165, 1.54) is 64.8 Å². The van der Waals surface area contributed by atoms with Crippen LogP contribution in [0, 0.1) is 33.3 Å². The summed E-state index contributed by atoms with van der Waals surface area (Å²) in [7, 11) is 1.50. The third-order valence-electron chi connectivity index (χ3n) is 15.7. The molecule has 6 aromatic rings. The van der Waals surface area contributed by atoms with Gasteiger partial charge in [0.25, 0.3) is 0 Å². The summed E-state index contributed by atoms with van der Waals surface area (Å²) in [5.41, 5.74) is 12.0. The summed E-state index contributed by atoms with van der Waals surface area (Å²) in [6.45, 7) is 6.36. The number of fused-ring (bicyclic) bond motifs is 2. The molecule has 6 aromatic carbocycles. The second-order valence-corrected chi connectivity index (χ2v) is 21.2. The van der Waals surface area contributed by atoms with Gasteiger partial charge in [-0.3, -0.25) is 9.59 Å². The first-order valence-electron chi connectivity index (χ1n) is 24.3. The van der Waals surface area contributed by atoms with E-state index in [1.807, 2.05) is 36.4 Å².